The van der Waals surface area contributed by atoms with E-state index in [2.05, 4.69) is 38.7 Å². The number of aliphatic hydroxyl groups is 1. The number of piperidine rings is 1. The zero-order chi connectivity index (χ0) is 76.4. The van der Waals surface area contributed by atoms with Crippen molar-refractivity contribution in [3.8, 4) is 0 Å². The normalized spacial score (nSPS) is 21.4. The number of nitrogens with zero attached hydrogens (tertiary/aromatic N) is 1. The first-order valence-corrected chi connectivity index (χ1v) is 35.5. The summed E-state index contributed by atoms with van der Waals surface area (Å²) in [4.78, 5) is 57.3. The largest absolute Gasteiger partial charge is 0.512 e. The van der Waals surface area contributed by atoms with Gasteiger partial charge in [0.05, 0.1) is 25.0 Å². The summed E-state index contributed by atoms with van der Waals surface area (Å²) in [6.45, 7) is 7.05. The summed E-state index contributed by atoms with van der Waals surface area (Å²) in [5, 5.41) is -17.0. The molecule has 5 aliphatic rings. The molecule has 4 bridgehead atoms. The van der Waals surface area contributed by atoms with Crippen LogP contribution >= 0.6 is 0 Å². The number of carbonyl (C=O) groups excluding carboxylic acids is 5. The van der Waals surface area contributed by atoms with Gasteiger partial charge in [0.1, 0.15) is 18.8 Å². The van der Waals surface area contributed by atoms with Gasteiger partial charge >= 0.3 is 123 Å². The molecule has 562 valence electrons. The van der Waals surface area contributed by atoms with Crippen LogP contribution in [0.1, 0.15) is 65.2 Å². The fourth-order valence-corrected chi connectivity index (χ4v) is 17.4. The number of carbonyl (C=O) groups is 5. The molecule has 5 rings (SSSR count). The lowest BCUT2D eigenvalue weighted by Gasteiger charge is -2.60. The first kappa shape index (κ1) is 87.5. The molecule has 0 spiro atoms. The van der Waals surface area contributed by atoms with Crippen molar-refractivity contribution in [3.63, 3.8) is 0 Å². The average molecular weight is 1600 g/mol. The van der Waals surface area contributed by atoms with Gasteiger partial charge in [-0.25, -0.2) is 82.9 Å². The fourth-order valence-electron chi connectivity index (χ4n) is 9.00. The molecule has 1 heterocycles. The molecule has 1 saturated heterocycles. The van der Waals surface area contributed by atoms with Crippen LogP contribution in [0.3, 0.4) is 0 Å². The van der Waals surface area contributed by atoms with Crippen LogP contribution in [0.15, 0.2) is 48.8 Å². The molecule has 2 unspecified atom stereocenters. The van der Waals surface area contributed by atoms with E-state index in [-0.39, 0.29) is 43.2 Å². The zero-order valence-corrected chi connectivity index (χ0v) is 53.9. The lowest BCUT2D eigenvalue weighted by molar-refractivity contribution is -0.245. The lowest BCUT2D eigenvalue weighted by Crippen LogP contribution is -2.65. The molecule has 29 nitrogen and oxygen atoms in total. The number of alkyl halides is 19. The molecule has 1 aliphatic heterocycles. The Labute approximate surface area is 535 Å². The first-order valence-electron chi connectivity index (χ1n) is 25.1. The molecule has 2 atom stereocenters. The Balaban J connectivity index is 0.000000506. The molecule has 4 saturated carbocycles. The molecule has 0 amide bonds. The van der Waals surface area contributed by atoms with E-state index < -0.39 is 221 Å². The van der Waals surface area contributed by atoms with Gasteiger partial charge in [0, 0.05) is 29.7 Å². The Morgan fingerprint density at radius 1 is 0.526 bits per heavy atom. The van der Waals surface area contributed by atoms with E-state index in [1.54, 1.807) is 0 Å². The third-order valence-corrected chi connectivity index (χ3v) is 24.8. The second-order valence-electron chi connectivity index (χ2n) is 20.9. The number of ether oxygens (including phenoxy) is 5. The van der Waals surface area contributed by atoms with Crippen molar-refractivity contribution in [2.75, 3.05) is 39.5 Å². The van der Waals surface area contributed by atoms with Crippen LogP contribution in [0.25, 0.3) is 0 Å². The summed E-state index contributed by atoms with van der Waals surface area (Å²) >= 11 is 0. The maximum Gasteiger partial charge on any atom is 0.512 e. The number of rotatable bonds is 27. The van der Waals surface area contributed by atoms with Crippen molar-refractivity contribution in [3.05, 3.63) is 48.8 Å². The van der Waals surface area contributed by atoms with Gasteiger partial charge in [0.15, 0.2) is 0 Å². The van der Waals surface area contributed by atoms with Crippen molar-refractivity contribution in [1.82, 2.24) is 16.7 Å². The second kappa shape index (κ2) is 29.6. The zero-order valence-electron chi connectivity index (χ0n) is 48.1. The van der Waals surface area contributed by atoms with Gasteiger partial charge in [-0.1, -0.05) is 32.1 Å². The van der Waals surface area contributed by atoms with Crippen LogP contribution in [0.5, 0.6) is 0 Å². The standard InChI is InChI=1S/C18H22F5NO8S2.C15H17F9N2O9S3.C9H10F5NO8S2/c1-10(2)13(25)32-16-6-11-3-12(7-16)5-15(4-11,8-16)9-31-14(26)17(19,20)33(27,28)24-34(29,30)18(21,22)23;1-9(8-27)11(28)35-7-4-10-2-5-26(6-3-10)38(33,34)14(20,21)12(16,17)13(18,19)36(29,30)25-37(31,32)15(22,23)24;1-5(2)6(16)22-3-4-23-7(17)8(10,11)24(18,19)15-25(20,21)9(12,13)14/h11-12,24H,1,3-9H2,2H3;4,7,10,25,27H,1-3,5-6,8H2;15H,1,3-4H2,2H3/b;7-4-;. The highest BCUT2D eigenvalue weighted by Crippen LogP contribution is 2.63. The van der Waals surface area contributed by atoms with Crippen LogP contribution in [0.2, 0.25) is 0 Å². The van der Waals surface area contributed by atoms with Gasteiger partial charge < -0.3 is 28.8 Å². The fraction of sp³-hybridized carbons (Fsp3) is 0.690. The number of sulfonamides is 7. The van der Waals surface area contributed by atoms with Crippen molar-refractivity contribution in [2.24, 2.45) is 23.2 Å². The number of hydrogen-bond acceptors (Lipinski definition) is 25. The predicted molar refractivity (Wildman–Crippen MR) is 279 cm³/mol. The van der Waals surface area contributed by atoms with Crippen LogP contribution in [-0.2, 0) is 118 Å². The van der Waals surface area contributed by atoms with E-state index in [0.29, 0.717) is 25.7 Å². The quantitative estimate of drug-likeness (QED) is 0.0228. The molecule has 0 aromatic heterocycles. The highest BCUT2D eigenvalue weighted by Gasteiger charge is 2.83. The second-order valence-corrected chi connectivity index (χ2v) is 33.9. The number of esters is 5. The van der Waals surface area contributed by atoms with E-state index in [9.17, 15) is 166 Å². The smallest absolute Gasteiger partial charge is 0.460 e. The van der Waals surface area contributed by atoms with Crippen LogP contribution < -0.4 is 12.4 Å². The summed E-state index contributed by atoms with van der Waals surface area (Å²) in [5.74, 6) is -16.5. The molecule has 4 N–H and O–H groups in total. The minimum absolute atomic E-state index is 0.0284. The highest BCUT2D eigenvalue weighted by molar-refractivity contribution is 8.06. The molecule has 0 radical (unpaired) electrons. The third kappa shape index (κ3) is 19.7. The van der Waals surface area contributed by atoms with Crippen molar-refractivity contribution >= 4 is 100 Å². The first-order chi connectivity index (χ1) is 43.0. The number of nitrogens with one attached hydrogen (secondary N) is 3. The molecule has 5 fully saturated rings. The lowest BCUT2D eigenvalue weighted by atomic mass is 9.48. The van der Waals surface area contributed by atoms with Crippen LogP contribution in [0.4, 0.5) is 83.4 Å². The average Bonchev–Trinajstić information content (AvgIpc) is 0.722. The van der Waals surface area contributed by atoms with Gasteiger partial charge in [-0.05, 0) is 89.0 Å². The molecule has 97 heavy (non-hydrogen) atoms. The van der Waals surface area contributed by atoms with Crippen LogP contribution in [0, 0.1) is 23.2 Å². The maximum absolute atomic E-state index is 14.3. The number of allylic oxidation sites excluding steroid dienone is 1. The summed E-state index contributed by atoms with van der Waals surface area (Å²) in [5.41, 5.74) is -21.2. The maximum atomic E-state index is 14.3. The Morgan fingerprint density at radius 3 is 1.29 bits per heavy atom. The highest BCUT2D eigenvalue weighted by atomic mass is 32.3. The predicted octanol–water partition coefficient (Wildman–Crippen LogP) is 3.58. The Bertz CT molecular complexity index is 3920. The third-order valence-electron chi connectivity index (χ3n) is 13.2. The summed E-state index contributed by atoms with van der Waals surface area (Å²) in [6, 6.07) is 0. The molecule has 0 aromatic carbocycles. The minimum Gasteiger partial charge on any atom is -0.460 e. The van der Waals surface area contributed by atoms with E-state index >= 15 is 0 Å². The monoisotopic (exact) mass is 1590 g/mol. The number of aliphatic hydroxyl groups excluding tert-OH is 1. The molecular formula is C42H49F19N4O25S7. The van der Waals surface area contributed by atoms with Crippen molar-refractivity contribution in [2.45, 2.75) is 114 Å². The van der Waals surface area contributed by atoms with Gasteiger partial charge in [-0.2, -0.15) is 87.7 Å². The molecule has 4 aliphatic carbocycles. The van der Waals surface area contributed by atoms with Gasteiger partial charge in [0.2, 0.25) is 0 Å². The van der Waals surface area contributed by atoms with E-state index in [0.717, 1.165) is 18.8 Å². The van der Waals surface area contributed by atoms with Gasteiger partial charge in [-0.3, -0.25) is 0 Å². The summed E-state index contributed by atoms with van der Waals surface area (Å²) in [7, 11) is -48.8. The van der Waals surface area contributed by atoms with E-state index in [1.165, 1.54) is 13.8 Å². The van der Waals surface area contributed by atoms with E-state index in [1.807, 2.05) is 0 Å². The molecule has 55 heteroatoms. The molecular weight excluding hydrogens is 1550 g/mol. The Morgan fingerprint density at radius 2 is 0.907 bits per heavy atom. The number of hydrogen-bond donors (Lipinski definition) is 4. The van der Waals surface area contributed by atoms with E-state index in [4.69, 9.17) is 9.84 Å². The topological polar surface area (TPSA) is 430 Å². The van der Waals surface area contributed by atoms with Gasteiger partial charge in [0.25, 0.3) is 20.0 Å². The molecule has 0 aromatic rings. The Kier molecular flexibility index (Phi) is 26.7. The number of halogens is 19. The minimum atomic E-state index is -7.84. The van der Waals surface area contributed by atoms with Crippen molar-refractivity contribution < 1.29 is 195 Å². The van der Waals surface area contributed by atoms with Gasteiger partial charge in [-0.15, -0.1) is 0 Å². The SMILES string of the molecule is C=C(C)C(=O)OC12CC3CC(CC(COC(=O)C(F)(F)S(=O)(=O)NS(=O)(=O)C(F)(F)F)(C3)C1)C2.C=C(C)C(=O)OCCOC(=O)C(F)(F)S(=O)(=O)NS(=O)(=O)C(F)(F)F.C=C(CO)C(=O)O/C=C\C1CCN(S(=O)(=O)C(F)(F)C(F)(F)C(F)(F)S(=O)(=O)NS(=O)(=O)C(F)(F)F)CC1. The summed E-state index contributed by atoms with van der Waals surface area (Å²) < 4.78 is 428. The van der Waals surface area contributed by atoms with Crippen molar-refractivity contribution in [1.29, 1.82) is 0 Å². The summed E-state index contributed by atoms with van der Waals surface area (Å²) in [6.07, 6.45) is 3.77. The Hall–Kier alpha value is -5.57. The van der Waals surface area contributed by atoms with Crippen LogP contribution in [-0.4, -0.2) is 187 Å².